The average molecular weight is 329 g/mol. The fourth-order valence-electron chi connectivity index (χ4n) is 2.05. The fraction of sp³-hybridized carbons (Fsp3) is 0.714. The van der Waals surface area contributed by atoms with Gasteiger partial charge in [-0.2, -0.15) is 11.8 Å². The van der Waals surface area contributed by atoms with E-state index in [2.05, 4.69) is 22.5 Å². The molecule has 2 rings (SSSR count). The van der Waals surface area contributed by atoms with Gasteiger partial charge in [0.05, 0.1) is 0 Å². The van der Waals surface area contributed by atoms with Crippen LogP contribution in [0.1, 0.15) is 49.2 Å². The Bertz CT molecular complexity index is 474. The Hall–Kier alpha value is -0.950. The van der Waals surface area contributed by atoms with Crippen LogP contribution in [-0.4, -0.2) is 34.5 Å². The van der Waals surface area contributed by atoms with E-state index < -0.39 is 0 Å². The van der Waals surface area contributed by atoms with Crippen molar-refractivity contribution in [3.8, 4) is 0 Å². The Morgan fingerprint density at radius 1 is 1.57 bits per heavy atom. The minimum absolute atomic E-state index is 0.111. The number of rotatable bonds is 8. The summed E-state index contributed by atoms with van der Waals surface area (Å²) in [5.74, 6) is 2.39. The molecule has 118 valence electrons. The van der Waals surface area contributed by atoms with Crippen molar-refractivity contribution in [3.05, 3.63) is 4.88 Å². The van der Waals surface area contributed by atoms with Crippen LogP contribution in [0.25, 0.3) is 0 Å². The number of carbonyl (C=O) groups excluding carboxylic acids is 1. The zero-order chi connectivity index (χ0) is 15.2. The van der Waals surface area contributed by atoms with Gasteiger partial charge in [0.25, 0.3) is 5.91 Å². The highest BCUT2D eigenvalue weighted by molar-refractivity contribution is 7.99. The Kier molecular flexibility index (Phi) is 6.17. The van der Waals surface area contributed by atoms with Crippen LogP contribution in [0.5, 0.6) is 0 Å². The molecule has 1 aromatic heterocycles. The van der Waals surface area contributed by atoms with E-state index in [0.29, 0.717) is 16.7 Å². The van der Waals surface area contributed by atoms with Gasteiger partial charge in [0, 0.05) is 12.1 Å². The molecule has 0 saturated heterocycles. The Labute approximate surface area is 134 Å². The molecule has 0 aromatic carbocycles. The molecule has 1 saturated carbocycles. The van der Waals surface area contributed by atoms with Gasteiger partial charge in [0.1, 0.15) is 10.7 Å². The van der Waals surface area contributed by atoms with Crippen molar-refractivity contribution >= 4 is 40.0 Å². The number of aromatic nitrogens is 1. The van der Waals surface area contributed by atoms with E-state index in [4.69, 9.17) is 5.73 Å². The van der Waals surface area contributed by atoms with Crippen LogP contribution in [-0.2, 0) is 0 Å². The van der Waals surface area contributed by atoms with E-state index in [9.17, 15) is 4.79 Å². The number of hydrogen-bond acceptors (Lipinski definition) is 6. The molecule has 0 radical (unpaired) electrons. The molecule has 1 aromatic rings. The van der Waals surface area contributed by atoms with Crippen molar-refractivity contribution < 1.29 is 4.79 Å². The molecule has 1 heterocycles. The first kappa shape index (κ1) is 16.4. The summed E-state index contributed by atoms with van der Waals surface area (Å²) in [6.45, 7) is 4.17. The molecular formula is C14H24N4OS2. The van der Waals surface area contributed by atoms with E-state index in [-0.39, 0.29) is 11.9 Å². The Balaban J connectivity index is 1.86. The van der Waals surface area contributed by atoms with Crippen LogP contribution in [0.15, 0.2) is 0 Å². The first-order chi connectivity index (χ1) is 10.1. The number of nitrogens with zero attached hydrogens (tertiary/aromatic N) is 1. The van der Waals surface area contributed by atoms with Gasteiger partial charge in [0.15, 0.2) is 5.13 Å². The highest BCUT2D eigenvalue weighted by atomic mass is 32.2. The third-order valence-electron chi connectivity index (χ3n) is 3.57. The molecule has 1 amide bonds. The lowest BCUT2D eigenvalue weighted by Gasteiger charge is -2.25. The van der Waals surface area contributed by atoms with Gasteiger partial charge < -0.3 is 16.4 Å². The summed E-state index contributed by atoms with van der Waals surface area (Å²) in [4.78, 5) is 17.0. The van der Waals surface area contributed by atoms with Gasteiger partial charge in [-0.15, -0.1) is 0 Å². The maximum atomic E-state index is 12.2. The Morgan fingerprint density at radius 2 is 2.33 bits per heavy atom. The summed E-state index contributed by atoms with van der Waals surface area (Å²) in [7, 11) is 0. The highest BCUT2D eigenvalue weighted by Gasteiger charge is 2.22. The third-order valence-corrected chi connectivity index (χ3v) is 5.50. The van der Waals surface area contributed by atoms with Gasteiger partial charge in [-0.05, 0) is 44.1 Å². The lowest BCUT2D eigenvalue weighted by molar-refractivity contribution is 0.0944. The van der Waals surface area contributed by atoms with Gasteiger partial charge in [-0.25, -0.2) is 4.98 Å². The predicted molar refractivity (Wildman–Crippen MR) is 92.3 cm³/mol. The summed E-state index contributed by atoms with van der Waals surface area (Å²) in [5, 5.41) is 7.10. The zero-order valence-electron chi connectivity index (χ0n) is 12.6. The molecular weight excluding hydrogens is 304 g/mol. The van der Waals surface area contributed by atoms with E-state index >= 15 is 0 Å². The van der Waals surface area contributed by atoms with Crippen LogP contribution in [0.2, 0.25) is 0 Å². The van der Waals surface area contributed by atoms with Crippen LogP contribution in [0, 0.1) is 0 Å². The molecule has 1 fully saturated rings. The lowest BCUT2D eigenvalue weighted by atomic mass is 9.93. The molecule has 4 N–H and O–H groups in total. The smallest absolute Gasteiger partial charge is 0.265 e. The monoisotopic (exact) mass is 328 g/mol. The van der Waals surface area contributed by atoms with Crippen molar-refractivity contribution in [3.63, 3.8) is 0 Å². The number of thioether (sulfide) groups is 1. The van der Waals surface area contributed by atoms with Crippen molar-refractivity contribution in [2.24, 2.45) is 0 Å². The second-order valence-electron chi connectivity index (χ2n) is 5.37. The molecule has 1 aliphatic rings. The number of amides is 1. The number of nitrogen functional groups attached to an aromatic ring is 1. The largest absolute Gasteiger partial charge is 0.382 e. The van der Waals surface area contributed by atoms with Gasteiger partial charge in [0.2, 0.25) is 0 Å². The van der Waals surface area contributed by atoms with Crippen molar-refractivity contribution in [2.45, 2.75) is 51.6 Å². The molecule has 0 aliphatic heterocycles. The lowest BCUT2D eigenvalue weighted by Crippen LogP contribution is -2.32. The van der Waals surface area contributed by atoms with E-state index in [1.165, 1.54) is 30.6 Å². The van der Waals surface area contributed by atoms with E-state index in [1.54, 1.807) is 0 Å². The van der Waals surface area contributed by atoms with Crippen LogP contribution in [0.3, 0.4) is 0 Å². The predicted octanol–water partition coefficient (Wildman–Crippen LogP) is 2.95. The highest BCUT2D eigenvalue weighted by Crippen LogP contribution is 2.29. The minimum Gasteiger partial charge on any atom is -0.382 e. The molecule has 1 unspecified atom stereocenters. The molecule has 1 atom stereocenters. The second-order valence-corrected chi connectivity index (χ2v) is 7.76. The topological polar surface area (TPSA) is 80.0 Å². The van der Waals surface area contributed by atoms with Crippen molar-refractivity contribution in [1.82, 2.24) is 10.3 Å². The summed E-state index contributed by atoms with van der Waals surface area (Å²) in [6, 6.07) is 0.651. The maximum Gasteiger partial charge on any atom is 0.265 e. The van der Waals surface area contributed by atoms with Gasteiger partial charge in [-0.1, -0.05) is 18.3 Å². The molecule has 7 heteroatoms. The summed E-state index contributed by atoms with van der Waals surface area (Å²) < 4.78 is 0. The number of thiazole rings is 1. The summed E-state index contributed by atoms with van der Waals surface area (Å²) >= 11 is 3.24. The van der Waals surface area contributed by atoms with Crippen LogP contribution >= 0.6 is 23.1 Å². The van der Waals surface area contributed by atoms with Gasteiger partial charge in [-0.3, -0.25) is 4.79 Å². The average Bonchev–Trinajstić information content (AvgIpc) is 2.75. The van der Waals surface area contributed by atoms with Crippen molar-refractivity contribution in [1.29, 1.82) is 0 Å². The number of nitrogens with two attached hydrogens (primary N) is 1. The molecule has 0 spiro atoms. The minimum atomic E-state index is -0.111. The number of anilines is 2. The molecule has 0 bridgehead atoms. The Morgan fingerprint density at radius 3 is 2.95 bits per heavy atom. The SMILES string of the molecule is CCSCCC(C)NC(=O)c1sc(NC2CCC2)nc1N. The first-order valence-corrected chi connectivity index (χ1v) is 9.48. The molecule has 1 aliphatic carbocycles. The van der Waals surface area contributed by atoms with E-state index in [0.717, 1.165) is 23.1 Å². The first-order valence-electron chi connectivity index (χ1n) is 7.51. The van der Waals surface area contributed by atoms with Crippen LogP contribution < -0.4 is 16.4 Å². The quantitative estimate of drug-likeness (QED) is 0.639. The van der Waals surface area contributed by atoms with Crippen molar-refractivity contribution in [2.75, 3.05) is 22.6 Å². The number of hydrogen-bond donors (Lipinski definition) is 3. The molecule has 21 heavy (non-hydrogen) atoms. The van der Waals surface area contributed by atoms with E-state index in [1.807, 2.05) is 18.7 Å². The maximum absolute atomic E-state index is 12.2. The standard InChI is InChI=1S/C14H24N4OS2/c1-3-20-8-7-9(2)16-13(19)11-12(15)18-14(21-11)17-10-5-4-6-10/h9-10H,3-8,15H2,1-2H3,(H,16,19)(H,17,18). The second kappa shape index (κ2) is 7.89. The zero-order valence-corrected chi connectivity index (χ0v) is 14.3. The van der Waals surface area contributed by atoms with Gasteiger partial charge >= 0.3 is 0 Å². The summed E-state index contributed by atoms with van der Waals surface area (Å²) in [5.41, 5.74) is 5.87. The molecule has 5 nitrogen and oxygen atoms in total. The normalized spacial score (nSPS) is 16.3. The summed E-state index contributed by atoms with van der Waals surface area (Å²) in [6.07, 6.45) is 4.58. The van der Waals surface area contributed by atoms with Crippen LogP contribution in [0.4, 0.5) is 10.9 Å². The third kappa shape index (κ3) is 4.78. The fourth-order valence-corrected chi connectivity index (χ4v) is 3.72. The number of nitrogens with one attached hydrogen (secondary N) is 2. The number of carbonyl (C=O) groups is 1.